The lowest BCUT2D eigenvalue weighted by atomic mass is 10.2. The maximum absolute atomic E-state index is 13.0. The summed E-state index contributed by atoms with van der Waals surface area (Å²) in [5.74, 6) is -0.606. The molecule has 1 aromatic carbocycles. The van der Waals surface area contributed by atoms with Gasteiger partial charge in [-0.15, -0.1) is 0 Å². The molecule has 21 heavy (non-hydrogen) atoms. The van der Waals surface area contributed by atoms with Crippen molar-refractivity contribution in [1.82, 2.24) is 4.98 Å². The van der Waals surface area contributed by atoms with E-state index in [1.807, 2.05) is 16.8 Å². The Labute approximate surface area is 123 Å². The topological polar surface area (TPSA) is 63.3 Å². The number of aromatic nitrogens is 1. The molecule has 0 radical (unpaired) electrons. The van der Waals surface area contributed by atoms with Crippen LogP contribution >= 0.6 is 11.3 Å². The summed E-state index contributed by atoms with van der Waals surface area (Å²) < 4.78 is 18.7. The first-order valence-corrected chi connectivity index (χ1v) is 7.08. The highest BCUT2D eigenvalue weighted by Crippen LogP contribution is 2.31. The highest BCUT2D eigenvalue weighted by molar-refractivity contribution is 7.08. The average molecular weight is 303 g/mol. The van der Waals surface area contributed by atoms with Gasteiger partial charge in [0, 0.05) is 16.5 Å². The molecule has 4 nitrogen and oxygen atoms in total. The molecule has 0 saturated carbocycles. The fourth-order valence-electron chi connectivity index (χ4n) is 1.95. The van der Waals surface area contributed by atoms with E-state index in [9.17, 15) is 9.18 Å². The monoisotopic (exact) mass is 303 g/mol. The van der Waals surface area contributed by atoms with Crippen LogP contribution in [-0.2, 0) is 11.2 Å². The zero-order valence-corrected chi connectivity index (χ0v) is 11.6. The Hall–Kier alpha value is -2.47. The molecule has 3 aromatic rings. The Balaban J connectivity index is 2.07. The number of carbonyl (C=O) groups is 1. The Morgan fingerprint density at radius 1 is 1.24 bits per heavy atom. The van der Waals surface area contributed by atoms with Gasteiger partial charge in [0.1, 0.15) is 5.82 Å². The van der Waals surface area contributed by atoms with Gasteiger partial charge in [0.2, 0.25) is 5.89 Å². The number of hydrogen-bond donors (Lipinski definition) is 1. The van der Waals surface area contributed by atoms with Gasteiger partial charge in [-0.1, -0.05) is 0 Å². The normalized spacial score (nSPS) is 10.7. The van der Waals surface area contributed by atoms with Crippen LogP contribution in [0.2, 0.25) is 0 Å². The average Bonchev–Trinajstić information content (AvgIpc) is 3.08. The molecule has 0 saturated heterocycles. The molecular weight excluding hydrogens is 293 g/mol. The van der Waals surface area contributed by atoms with Gasteiger partial charge in [-0.3, -0.25) is 4.79 Å². The third-order valence-electron chi connectivity index (χ3n) is 2.89. The van der Waals surface area contributed by atoms with Crippen LogP contribution in [0, 0.1) is 5.82 Å². The van der Waals surface area contributed by atoms with Crippen molar-refractivity contribution in [3.05, 3.63) is 52.6 Å². The van der Waals surface area contributed by atoms with E-state index in [1.54, 1.807) is 12.1 Å². The summed E-state index contributed by atoms with van der Waals surface area (Å²) >= 11 is 1.48. The van der Waals surface area contributed by atoms with Gasteiger partial charge in [-0.05, 0) is 35.7 Å². The summed E-state index contributed by atoms with van der Waals surface area (Å²) in [6.45, 7) is 0. The molecule has 0 aliphatic heterocycles. The van der Waals surface area contributed by atoms with E-state index in [2.05, 4.69) is 4.98 Å². The van der Waals surface area contributed by atoms with Crippen LogP contribution in [0.5, 0.6) is 0 Å². The third kappa shape index (κ3) is 2.85. The van der Waals surface area contributed by atoms with Gasteiger partial charge in [0.05, 0.1) is 12.1 Å². The summed E-state index contributed by atoms with van der Waals surface area (Å²) in [4.78, 5) is 15.2. The second kappa shape index (κ2) is 5.49. The number of hydrogen-bond acceptors (Lipinski definition) is 4. The summed E-state index contributed by atoms with van der Waals surface area (Å²) in [6, 6.07) is 7.54. The fraction of sp³-hybridized carbons (Fsp3) is 0.0667. The Kier molecular flexibility index (Phi) is 3.53. The molecule has 0 fully saturated rings. The highest BCUT2D eigenvalue weighted by atomic mass is 32.1. The van der Waals surface area contributed by atoms with Crippen molar-refractivity contribution in [1.29, 1.82) is 0 Å². The summed E-state index contributed by atoms with van der Waals surface area (Å²) in [5.41, 5.74) is 1.75. The number of nitrogens with zero attached hydrogens (tertiary/aromatic N) is 1. The molecule has 1 N–H and O–H groups in total. The minimum Gasteiger partial charge on any atom is -0.481 e. The Morgan fingerprint density at radius 2 is 2.00 bits per heavy atom. The second-order valence-corrected chi connectivity index (χ2v) is 5.16. The van der Waals surface area contributed by atoms with Crippen LogP contribution in [-0.4, -0.2) is 16.1 Å². The van der Waals surface area contributed by atoms with Crippen LogP contribution in [0.3, 0.4) is 0 Å². The standard InChI is InChI=1S/C15H10FNO3S/c16-11-3-1-9(2-4-11)15-17-12(7-13(18)19)14(20-15)10-5-6-21-8-10/h1-6,8H,7H2,(H,18,19). The van der Waals surface area contributed by atoms with Crippen molar-refractivity contribution in [3.8, 4) is 22.8 Å². The molecule has 0 atom stereocenters. The van der Waals surface area contributed by atoms with E-state index < -0.39 is 5.97 Å². The molecule has 3 rings (SSSR count). The van der Waals surface area contributed by atoms with Crippen molar-refractivity contribution in [2.75, 3.05) is 0 Å². The number of aliphatic carboxylic acids is 1. The number of thiophene rings is 1. The van der Waals surface area contributed by atoms with E-state index in [1.165, 1.54) is 23.5 Å². The van der Waals surface area contributed by atoms with Crippen molar-refractivity contribution >= 4 is 17.3 Å². The van der Waals surface area contributed by atoms with Crippen molar-refractivity contribution < 1.29 is 18.7 Å². The number of carboxylic acid groups (broad SMARTS) is 1. The quantitative estimate of drug-likeness (QED) is 0.795. The number of oxazole rings is 1. The first kappa shape index (κ1) is 13.5. The van der Waals surface area contributed by atoms with E-state index in [0.29, 0.717) is 17.0 Å². The van der Waals surface area contributed by atoms with Crippen LogP contribution in [0.1, 0.15) is 5.69 Å². The first-order chi connectivity index (χ1) is 10.1. The van der Waals surface area contributed by atoms with Crippen LogP contribution in [0.4, 0.5) is 4.39 Å². The van der Waals surface area contributed by atoms with Gasteiger partial charge >= 0.3 is 5.97 Å². The van der Waals surface area contributed by atoms with Gasteiger partial charge in [-0.2, -0.15) is 11.3 Å². The number of benzene rings is 1. The number of rotatable bonds is 4. The number of halogens is 1. The smallest absolute Gasteiger partial charge is 0.309 e. The predicted molar refractivity (Wildman–Crippen MR) is 76.5 cm³/mol. The predicted octanol–water partition coefficient (Wildman–Crippen LogP) is 3.84. The van der Waals surface area contributed by atoms with Crippen LogP contribution < -0.4 is 0 Å². The zero-order chi connectivity index (χ0) is 14.8. The minimum atomic E-state index is -0.981. The maximum Gasteiger partial charge on any atom is 0.309 e. The molecule has 0 amide bonds. The van der Waals surface area contributed by atoms with Crippen LogP contribution in [0.15, 0.2) is 45.5 Å². The molecule has 0 spiro atoms. The van der Waals surface area contributed by atoms with E-state index in [4.69, 9.17) is 9.52 Å². The lowest BCUT2D eigenvalue weighted by Gasteiger charge is -1.95. The molecular formula is C15H10FNO3S. The molecule has 0 unspecified atom stereocenters. The Bertz CT molecular complexity index is 763. The van der Waals surface area contributed by atoms with Gasteiger partial charge in [0.15, 0.2) is 5.76 Å². The van der Waals surface area contributed by atoms with Gasteiger partial charge in [-0.25, -0.2) is 9.37 Å². The summed E-state index contributed by atoms with van der Waals surface area (Å²) in [6.07, 6.45) is -0.226. The Morgan fingerprint density at radius 3 is 2.62 bits per heavy atom. The number of carboxylic acids is 1. The molecule has 2 heterocycles. The van der Waals surface area contributed by atoms with E-state index in [0.717, 1.165) is 5.56 Å². The molecule has 106 valence electrons. The molecule has 0 bridgehead atoms. The molecule has 0 aliphatic rings. The van der Waals surface area contributed by atoms with Crippen LogP contribution in [0.25, 0.3) is 22.8 Å². The van der Waals surface area contributed by atoms with Gasteiger partial charge < -0.3 is 9.52 Å². The maximum atomic E-state index is 13.0. The minimum absolute atomic E-state index is 0.226. The van der Waals surface area contributed by atoms with Gasteiger partial charge in [0.25, 0.3) is 0 Å². The lowest BCUT2D eigenvalue weighted by Crippen LogP contribution is -2.01. The van der Waals surface area contributed by atoms with Crippen molar-refractivity contribution in [2.45, 2.75) is 6.42 Å². The van der Waals surface area contributed by atoms with E-state index in [-0.39, 0.29) is 18.1 Å². The molecule has 6 heteroatoms. The van der Waals surface area contributed by atoms with E-state index >= 15 is 0 Å². The molecule has 2 aromatic heterocycles. The summed E-state index contributed by atoms with van der Waals surface area (Å²) in [7, 11) is 0. The zero-order valence-electron chi connectivity index (χ0n) is 10.7. The fourth-order valence-corrected chi connectivity index (χ4v) is 2.59. The second-order valence-electron chi connectivity index (χ2n) is 4.38. The SMILES string of the molecule is O=C(O)Cc1nc(-c2ccc(F)cc2)oc1-c1ccsc1. The summed E-state index contributed by atoms with van der Waals surface area (Å²) in [5, 5.41) is 12.7. The van der Waals surface area contributed by atoms with Crippen molar-refractivity contribution in [2.24, 2.45) is 0 Å². The molecule has 0 aliphatic carbocycles. The van der Waals surface area contributed by atoms with Crippen molar-refractivity contribution in [3.63, 3.8) is 0 Å². The third-order valence-corrected chi connectivity index (χ3v) is 3.57. The largest absolute Gasteiger partial charge is 0.481 e. The highest BCUT2D eigenvalue weighted by Gasteiger charge is 2.18. The first-order valence-electron chi connectivity index (χ1n) is 6.13. The lowest BCUT2D eigenvalue weighted by molar-refractivity contribution is -0.136.